The molecule has 5 nitrogen and oxygen atoms in total. The van der Waals surface area contributed by atoms with Gasteiger partial charge < -0.3 is 9.73 Å². The molecule has 94 valence electrons. The number of nitrogens with one attached hydrogen (secondary N) is 1. The molecule has 0 saturated carbocycles. The highest BCUT2D eigenvalue weighted by Gasteiger charge is 2.12. The molecule has 18 heavy (non-hydrogen) atoms. The van der Waals surface area contributed by atoms with Crippen LogP contribution in [0.4, 0.5) is 11.4 Å². The van der Waals surface area contributed by atoms with E-state index in [0.717, 1.165) is 11.3 Å². The fourth-order valence-electron chi connectivity index (χ4n) is 1.53. The van der Waals surface area contributed by atoms with Gasteiger partial charge in [0.05, 0.1) is 17.7 Å². The zero-order valence-corrected chi connectivity index (χ0v) is 10.4. The van der Waals surface area contributed by atoms with Crippen LogP contribution in [-0.4, -0.2) is 4.92 Å². The van der Waals surface area contributed by atoms with Gasteiger partial charge in [-0.1, -0.05) is 11.6 Å². The van der Waals surface area contributed by atoms with Crippen LogP contribution >= 0.6 is 11.6 Å². The first kappa shape index (κ1) is 12.4. The molecule has 1 aromatic carbocycles. The van der Waals surface area contributed by atoms with Crippen molar-refractivity contribution in [3.05, 3.63) is 57.0 Å². The molecule has 6 heteroatoms. The first-order valence-corrected chi connectivity index (χ1v) is 5.66. The summed E-state index contributed by atoms with van der Waals surface area (Å²) in [7, 11) is 0. The Kier molecular flexibility index (Phi) is 3.53. The predicted molar refractivity (Wildman–Crippen MR) is 68.9 cm³/mol. The van der Waals surface area contributed by atoms with Gasteiger partial charge in [0.15, 0.2) is 0 Å². The molecule has 0 fully saturated rings. The van der Waals surface area contributed by atoms with E-state index in [-0.39, 0.29) is 10.7 Å². The molecule has 1 heterocycles. The predicted octanol–water partition coefficient (Wildman–Crippen LogP) is 3.76. The average molecular weight is 267 g/mol. The number of rotatable bonds is 4. The van der Waals surface area contributed by atoms with Crippen LogP contribution in [0.1, 0.15) is 11.3 Å². The van der Waals surface area contributed by atoms with Crippen LogP contribution in [0.3, 0.4) is 0 Å². The molecule has 0 radical (unpaired) electrons. The van der Waals surface area contributed by atoms with Crippen molar-refractivity contribution in [3.8, 4) is 0 Å². The summed E-state index contributed by atoms with van der Waals surface area (Å²) in [5.74, 6) is 0.799. The van der Waals surface area contributed by atoms with Gasteiger partial charge in [0.25, 0.3) is 5.69 Å². The summed E-state index contributed by atoms with van der Waals surface area (Å²) in [4.78, 5) is 10.2. The van der Waals surface area contributed by atoms with Gasteiger partial charge >= 0.3 is 0 Å². The third-order valence-electron chi connectivity index (χ3n) is 2.56. The van der Waals surface area contributed by atoms with Crippen molar-refractivity contribution in [1.82, 2.24) is 0 Å². The molecule has 0 aliphatic carbocycles. The van der Waals surface area contributed by atoms with Crippen LogP contribution in [0.2, 0.25) is 5.02 Å². The lowest BCUT2D eigenvalue weighted by molar-refractivity contribution is -0.384. The minimum absolute atomic E-state index is 0.113. The van der Waals surface area contributed by atoms with Crippen molar-refractivity contribution < 1.29 is 9.34 Å². The number of nitrogens with zero attached hydrogens (tertiary/aromatic N) is 1. The van der Waals surface area contributed by atoms with Gasteiger partial charge in [0.1, 0.15) is 10.8 Å². The van der Waals surface area contributed by atoms with E-state index < -0.39 is 4.92 Å². The molecule has 0 spiro atoms. The van der Waals surface area contributed by atoms with E-state index in [1.807, 2.05) is 13.0 Å². The van der Waals surface area contributed by atoms with E-state index >= 15 is 0 Å². The van der Waals surface area contributed by atoms with Crippen LogP contribution < -0.4 is 5.32 Å². The van der Waals surface area contributed by atoms with E-state index in [1.165, 1.54) is 12.1 Å². The molecule has 0 unspecified atom stereocenters. The number of benzene rings is 1. The van der Waals surface area contributed by atoms with E-state index in [4.69, 9.17) is 16.0 Å². The Balaban J connectivity index is 2.13. The maximum absolute atomic E-state index is 10.7. The Morgan fingerprint density at radius 3 is 2.83 bits per heavy atom. The zero-order chi connectivity index (χ0) is 13.1. The van der Waals surface area contributed by atoms with Gasteiger partial charge in [-0.25, -0.2) is 0 Å². The van der Waals surface area contributed by atoms with Crippen molar-refractivity contribution in [2.75, 3.05) is 5.32 Å². The largest absolute Gasteiger partial charge is 0.467 e. The van der Waals surface area contributed by atoms with Crippen molar-refractivity contribution >= 4 is 23.0 Å². The summed E-state index contributed by atoms with van der Waals surface area (Å²) in [6.07, 6.45) is 1.61. The lowest BCUT2D eigenvalue weighted by Gasteiger charge is -2.05. The van der Waals surface area contributed by atoms with Crippen molar-refractivity contribution in [2.45, 2.75) is 13.5 Å². The highest BCUT2D eigenvalue weighted by atomic mass is 35.5. The Hall–Kier alpha value is -2.01. The number of hydrogen-bond donors (Lipinski definition) is 1. The van der Waals surface area contributed by atoms with Gasteiger partial charge in [0, 0.05) is 11.8 Å². The summed E-state index contributed by atoms with van der Waals surface area (Å²) in [5, 5.41) is 13.9. The Bertz CT molecular complexity index is 580. The molecule has 2 rings (SSSR count). The second kappa shape index (κ2) is 5.10. The van der Waals surface area contributed by atoms with Crippen molar-refractivity contribution in [1.29, 1.82) is 0 Å². The molecule has 0 atom stereocenters. The molecule has 0 aliphatic rings. The minimum Gasteiger partial charge on any atom is -0.467 e. The molecular formula is C12H11ClN2O3. The molecule has 0 amide bonds. The third kappa shape index (κ3) is 2.62. The SMILES string of the molecule is Cc1ccoc1CNc1ccc(Cl)c([N+](=O)[O-])c1. The second-order valence-corrected chi connectivity index (χ2v) is 4.21. The average Bonchev–Trinajstić information content (AvgIpc) is 2.73. The van der Waals surface area contributed by atoms with E-state index in [2.05, 4.69) is 5.32 Å². The van der Waals surface area contributed by atoms with E-state index in [1.54, 1.807) is 12.3 Å². The Labute approximate surface area is 109 Å². The number of aryl methyl sites for hydroxylation is 1. The highest BCUT2D eigenvalue weighted by molar-refractivity contribution is 6.32. The lowest BCUT2D eigenvalue weighted by Crippen LogP contribution is -2.00. The van der Waals surface area contributed by atoms with Crippen molar-refractivity contribution in [3.63, 3.8) is 0 Å². The monoisotopic (exact) mass is 266 g/mol. The summed E-state index contributed by atoms with van der Waals surface area (Å²) in [5.41, 5.74) is 1.55. The quantitative estimate of drug-likeness (QED) is 0.676. The first-order chi connectivity index (χ1) is 8.58. The van der Waals surface area contributed by atoms with Crippen LogP contribution in [0.5, 0.6) is 0 Å². The Morgan fingerprint density at radius 2 is 2.22 bits per heavy atom. The van der Waals surface area contributed by atoms with Crippen LogP contribution in [0.25, 0.3) is 0 Å². The summed E-state index contributed by atoms with van der Waals surface area (Å²) < 4.78 is 5.26. The number of furan rings is 1. The number of halogens is 1. The molecule has 1 aromatic heterocycles. The standard InChI is InChI=1S/C12H11ClN2O3/c1-8-4-5-18-12(8)7-14-9-2-3-10(13)11(6-9)15(16)17/h2-6,14H,7H2,1H3. The topological polar surface area (TPSA) is 68.3 Å². The molecule has 2 aromatic rings. The van der Waals surface area contributed by atoms with Gasteiger partial charge in [0.2, 0.25) is 0 Å². The second-order valence-electron chi connectivity index (χ2n) is 3.80. The summed E-state index contributed by atoms with van der Waals surface area (Å²) >= 11 is 5.73. The molecule has 0 saturated heterocycles. The lowest BCUT2D eigenvalue weighted by atomic mass is 10.2. The Morgan fingerprint density at radius 1 is 1.44 bits per heavy atom. The van der Waals surface area contributed by atoms with Gasteiger partial charge in [-0.2, -0.15) is 0 Å². The summed E-state index contributed by atoms with van der Waals surface area (Å²) in [6.45, 7) is 2.41. The normalized spacial score (nSPS) is 10.3. The molecule has 0 aliphatic heterocycles. The summed E-state index contributed by atoms with van der Waals surface area (Å²) in [6, 6.07) is 6.45. The van der Waals surface area contributed by atoms with Crippen LogP contribution in [0, 0.1) is 17.0 Å². The number of anilines is 1. The minimum atomic E-state index is -0.508. The number of hydrogen-bond acceptors (Lipinski definition) is 4. The maximum Gasteiger partial charge on any atom is 0.289 e. The van der Waals surface area contributed by atoms with E-state index in [9.17, 15) is 10.1 Å². The maximum atomic E-state index is 10.7. The van der Waals surface area contributed by atoms with Gasteiger partial charge in [-0.05, 0) is 30.7 Å². The number of nitro benzene ring substituents is 1. The van der Waals surface area contributed by atoms with Crippen LogP contribution in [0.15, 0.2) is 34.9 Å². The van der Waals surface area contributed by atoms with Crippen LogP contribution in [-0.2, 0) is 6.54 Å². The van der Waals surface area contributed by atoms with E-state index in [0.29, 0.717) is 12.2 Å². The number of nitro groups is 1. The van der Waals surface area contributed by atoms with Gasteiger partial charge in [-0.3, -0.25) is 10.1 Å². The first-order valence-electron chi connectivity index (χ1n) is 5.28. The molecular weight excluding hydrogens is 256 g/mol. The smallest absolute Gasteiger partial charge is 0.289 e. The fraction of sp³-hybridized carbons (Fsp3) is 0.167. The highest BCUT2D eigenvalue weighted by Crippen LogP contribution is 2.27. The fourth-order valence-corrected chi connectivity index (χ4v) is 1.72. The third-order valence-corrected chi connectivity index (χ3v) is 2.88. The van der Waals surface area contributed by atoms with Crippen molar-refractivity contribution in [2.24, 2.45) is 0 Å². The molecule has 0 bridgehead atoms. The zero-order valence-electron chi connectivity index (χ0n) is 9.64. The van der Waals surface area contributed by atoms with Gasteiger partial charge in [-0.15, -0.1) is 0 Å². The molecule has 1 N–H and O–H groups in total.